The van der Waals surface area contributed by atoms with Crippen molar-refractivity contribution < 1.29 is 15.7 Å². The minimum absolute atomic E-state index is 0. The zero-order valence-electron chi connectivity index (χ0n) is 12.3. The molecule has 0 saturated carbocycles. The number of nitrogens with one attached hydrogen (secondary N) is 2. The van der Waals surface area contributed by atoms with Gasteiger partial charge in [-0.15, -0.1) is 24.8 Å². The normalized spacial score (nSPS) is 15.2. The molecule has 128 valence electrons. The topological polar surface area (TPSA) is 109 Å². The molecular formula is C15H21Cl2N3O3. The number of aromatic nitrogens is 1. The lowest BCUT2D eigenvalue weighted by atomic mass is 9.93. The van der Waals surface area contributed by atoms with Gasteiger partial charge in [-0.05, 0) is 48.4 Å². The minimum Gasteiger partial charge on any atom is -0.504 e. The van der Waals surface area contributed by atoms with Gasteiger partial charge in [0.25, 0.3) is 0 Å². The highest BCUT2D eigenvalue weighted by Gasteiger charge is 2.21. The predicted molar refractivity (Wildman–Crippen MR) is 95.1 cm³/mol. The van der Waals surface area contributed by atoms with E-state index >= 15 is 0 Å². The Morgan fingerprint density at radius 3 is 2.48 bits per heavy atom. The van der Waals surface area contributed by atoms with E-state index in [4.69, 9.17) is 0 Å². The Morgan fingerprint density at radius 2 is 1.78 bits per heavy atom. The van der Waals surface area contributed by atoms with Gasteiger partial charge in [0.15, 0.2) is 11.5 Å². The second-order valence-corrected chi connectivity index (χ2v) is 4.91. The van der Waals surface area contributed by atoms with Crippen molar-refractivity contribution in [2.24, 2.45) is 0 Å². The maximum absolute atomic E-state index is 9.67. The number of rotatable bonds is 3. The summed E-state index contributed by atoms with van der Waals surface area (Å²) in [5.74, 6) is -0.118. The standard InChI is InChI=1S/C15H17N3O2.2ClH.H2O/c19-14-7-10-1-6-17-13(12(10)8-15(14)20)9-18-11-2-4-16-5-3-11;;;/h2-5,7-8,13,17,19-20H,1,6,9H2,(H,16,18);2*1H;1H2. The number of nitrogens with zero attached hydrogens (tertiary/aromatic N) is 1. The molecule has 0 fully saturated rings. The van der Waals surface area contributed by atoms with E-state index in [1.54, 1.807) is 24.5 Å². The Balaban J connectivity index is 0.00000161. The highest BCUT2D eigenvalue weighted by molar-refractivity contribution is 5.85. The molecule has 8 heteroatoms. The van der Waals surface area contributed by atoms with E-state index in [-0.39, 0.29) is 47.8 Å². The highest BCUT2D eigenvalue weighted by Crippen LogP contribution is 2.33. The molecule has 1 aromatic heterocycles. The lowest BCUT2D eigenvalue weighted by Crippen LogP contribution is -2.34. The molecule has 0 spiro atoms. The Morgan fingerprint density at radius 1 is 1.13 bits per heavy atom. The summed E-state index contributed by atoms with van der Waals surface area (Å²) in [7, 11) is 0. The number of phenols is 2. The molecule has 0 radical (unpaired) electrons. The summed E-state index contributed by atoms with van der Waals surface area (Å²) in [5, 5.41) is 26.0. The van der Waals surface area contributed by atoms with Crippen LogP contribution < -0.4 is 10.6 Å². The first-order valence-corrected chi connectivity index (χ1v) is 6.66. The van der Waals surface area contributed by atoms with Gasteiger partial charge in [0.2, 0.25) is 0 Å². The van der Waals surface area contributed by atoms with Crippen LogP contribution in [0.4, 0.5) is 5.69 Å². The fraction of sp³-hybridized carbons (Fsp3) is 0.267. The van der Waals surface area contributed by atoms with E-state index in [1.165, 1.54) is 0 Å². The molecule has 6 N–H and O–H groups in total. The lowest BCUT2D eigenvalue weighted by molar-refractivity contribution is 0.399. The van der Waals surface area contributed by atoms with Gasteiger partial charge in [0.1, 0.15) is 0 Å². The number of phenolic OH excluding ortho intramolecular Hbond substituents is 2. The first-order valence-electron chi connectivity index (χ1n) is 6.66. The molecule has 2 heterocycles. The lowest BCUT2D eigenvalue weighted by Gasteiger charge is -2.28. The molecule has 23 heavy (non-hydrogen) atoms. The fourth-order valence-electron chi connectivity index (χ4n) is 2.54. The summed E-state index contributed by atoms with van der Waals surface area (Å²) in [4.78, 5) is 3.98. The average Bonchev–Trinajstić information content (AvgIpc) is 2.47. The Labute approximate surface area is 147 Å². The van der Waals surface area contributed by atoms with Crippen molar-refractivity contribution in [1.82, 2.24) is 10.3 Å². The van der Waals surface area contributed by atoms with Crippen LogP contribution in [-0.2, 0) is 6.42 Å². The number of fused-ring (bicyclic) bond motifs is 1. The van der Waals surface area contributed by atoms with Gasteiger partial charge in [-0.25, -0.2) is 0 Å². The first kappa shape index (κ1) is 21.3. The molecule has 0 amide bonds. The van der Waals surface area contributed by atoms with E-state index in [1.807, 2.05) is 12.1 Å². The molecule has 1 unspecified atom stereocenters. The fourth-order valence-corrected chi connectivity index (χ4v) is 2.54. The SMILES string of the molecule is Cl.Cl.O.Oc1cc2c(cc1O)C(CNc1ccncc1)NCC2. The first-order chi connectivity index (χ1) is 9.74. The summed E-state index contributed by atoms with van der Waals surface area (Å²) < 4.78 is 0. The predicted octanol–water partition coefficient (Wildman–Crippen LogP) is 1.81. The van der Waals surface area contributed by atoms with Crippen LogP contribution in [0.25, 0.3) is 0 Å². The molecule has 1 atom stereocenters. The summed E-state index contributed by atoms with van der Waals surface area (Å²) in [6.07, 6.45) is 4.35. The van der Waals surface area contributed by atoms with Crippen molar-refractivity contribution in [3.05, 3.63) is 47.8 Å². The second kappa shape index (κ2) is 9.42. The van der Waals surface area contributed by atoms with Gasteiger partial charge in [-0.3, -0.25) is 4.98 Å². The van der Waals surface area contributed by atoms with Crippen LogP contribution in [-0.4, -0.2) is 33.8 Å². The highest BCUT2D eigenvalue weighted by atomic mass is 35.5. The number of hydrogen-bond acceptors (Lipinski definition) is 5. The number of anilines is 1. The Hall–Kier alpha value is -1.73. The monoisotopic (exact) mass is 361 g/mol. The Bertz CT molecular complexity index is 614. The van der Waals surface area contributed by atoms with Crippen LogP contribution in [0.2, 0.25) is 0 Å². The van der Waals surface area contributed by atoms with Crippen LogP contribution >= 0.6 is 24.8 Å². The molecule has 1 aliphatic rings. The number of aromatic hydroxyl groups is 2. The number of hydrogen-bond donors (Lipinski definition) is 4. The van der Waals surface area contributed by atoms with E-state index in [0.717, 1.165) is 29.8 Å². The summed E-state index contributed by atoms with van der Waals surface area (Å²) >= 11 is 0. The number of pyridine rings is 1. The molecule has 6 nitrogen and oxygen atoms in total. The molecule has 2 aromatic rings. The molecule has 1 aliphatic heterocycles. The number of halogens is 2. The van der Waals surface area contributed by atoms with Crippen LogP contribution in [0.5, 0.6) is 11.5 Å². The van der Waals surface area contributed by atoms with Gasteiger partial charge >= 0.3 is 0 Å². The van der Waals surface area contributed by atoms with Crippen molar-refractivity contribution in [3.8, 4) is 11.5 Å². The minimum atomic E-state index is -0.0682. The zero-order valence-corrected chi connectivity index (χ0v) is 14.0. The summed E-state index contributed by atoms with van der Waals surface area (Å²) in [6.45, 7) is 1.57. The van der Waals surface area contributed by atoms with E-state index in [2.05, 4.69) is 15.6 Å². The quantitative estimate of drug-likeness (QED) is 0.623. The zero-order chi connectivity index (χ0) is 13.9. The van der Waals surface area contributed by atoms with Crippen LogP contribution in [0, 0.1) is 0 Å². The van der Waals surface area contributed by atoms with Crippen LogP contribution in [0.15, 0.2) is 36.7 Å². The van der Waals surface area contributed by atoms with E-state index in [0.29, 0.717) is 6.54 Å². The molecule has 0 bridgehead atoms. The summed E-state index contributed by atoms with van der Waals surface area (Å²) in [6, 6.07) is 7.25. The molecule has 0 saturated heterocycles. The van der Waals surface area contributed by atoms with Gasteiger partial charge in [-0.1, -0.05) is 0 Å². The molecule has 3 rings (SSSR count). The van der Waals surface area contributed by atoms with Crippen molar-refractivity contribution in [2.75, 3.05) is 18.4 Å². The molecule has 1 aromatic carbocycles. The van der Waals surface area contributed by atoms with Crippen molar-refractivity contribution >= 4 is 30.5 Å². The third-order valence-electron chi connectivity index (χ3n) is 3.59. The average molecular weight is 362 g/mol. The van der Waals surface area contributed by atoms with Gasteiger partial charge in [0.05, 0.1) is 0 Å². The van der Waals surface area contributed by atoms with E-state index < -0.39 is 0 Å². The van der Waals surface area contributed by atoms with E-state index in [9.17, 15) is 10.2 Å². The van der Waals surface area contributed by atoms with Gasteiger partial charge < -0.3 is 26.3 Å². The third-order valence-corrected chi connectivity index (χ3v) is 3.59. The summed E-state index contributed by atoms with van der Waals surface area (Å²) in [5.41, 5.74) is 3.13. The maximum atomic E-state index is 9.67. The van der Waals surface area contributed by atoms with Gasteiger partial charge in [0, 0.05) is 30.7 Å². The third kappa shape index (κ3) is 4.87. The molecular weight excluding hydrogens is 341 g/mol. The van der Waals surface area contributed by atoms with Crippen molar-refractivity contribution in [2.45, 2.75) is 12.5 Å². The Kier molecular flexibility index (Phi) is 8.71. The van der Waals surface area contributed by atoms with Crippen LogP contribution in [0.1, 0.15) is 17.2 Å². The smallest absolute Gasteiger partial charge is 0.157 e. The van der Waals surface area contributed by atoms with Crippen molar-refractivity contribution in [3.63, 3.8) is 0 Å². The van der Waals surface area contributed by atoms with Crippen LogP contribution in [0.3, 0.4) is 0 Å². The molecule has 0 aliphatic carbocycles. The van der Waals surface area contributed by atoms with Gasteiger partial charge in [-0.2, -0.15) is 0 Å². The van der Waals surface area contributed by atoms with Crippen molar-refractivity contribution in [1.29, 1.82) is 0 Å². The number of benzene rings is 1. The second-order valence-electron chi connectivity index (χ2n) is 4.91. The maximum Gasteiger partial charge on any atom is 0.157 e. The largest absolute Gasteiger partial charge is 0.504 e.